The maximum Gasteiger partial charge on any atom is 0.224 e. The van der Waals surface area contributed by atoms with E-state index in [0.29, 0.717) is 18.8 Å². The maximum absolute atomic E-state index is 12.4. The van der Waals surface area contributed by atoms with Crippen LogP contribution in [0.2, 0.25) is 0 Å². The van der Waals surface area contributed by atoms with Crippen molar-refractivity contribution < 1.29 is 4.79 Å². The van der Waals surface area contributed by atoms with Gasteiger partial charge in [0.25, 0.3) is 0 Å². The minimum absolute atomic E-state index is 0.0210. The zero-order chi connectivity index (χ0) is 20.3. The fourth-order valence-corrected chi connectivity index (χ4v) is 3.92. The van der Waals surface area contributed by atoms with Crippen molar-refractivity contribution >= 4 is 22.9 Å². The lowest BCUT2D eigenvalue weighted by Crippen LogP contribution is -2.13. The zero-order valence-corrected chi connectivity index (χ0v) is 18.1. The first-order valence-electron chi connectivity index (χ1n) is 9.68. The van der Waals surface area contributed by atoms with Crippen LogP contribution in [0.25, 0.3) is 11.3 Å². The molecule has 0 aliphatic carbocycles. The Balaban J connectivity index is 1.58. The Kier molecular flexibility index (Phi) is 6.29. The third kappa shape index (κ3) is 4.87. The monoisotopic (exact) mass is 396 g/mol. The standard InChI is InChI=1S/C22H28N4OS/c1-14(2)12-26-16(4)20(15(3)25-26)10-11-22(27)24-19-8-6-18(7-9-19)21-13-28-17(5)23-21/h6-9,13-14H,10-12H2,1-5H3,(H,24,27). The van der Waals surface area contributed by atoms with Gasteiger partial charge in [0.05, 0.1) is 16.4 Å². The third-order valence-electron chi connectivity index (χ3n) is 4.75. The van der Waals surface area contributed by atoms with Gasteiger partial charge in [0.1, 0.15) is 0 Å². The highest BCUT2D eigenvalue weighted by atomic mass is 32.1. The minimum atomic E-state index is 0.0210. The van der Waals surface area contributed by atoms with Crippen LogP contribution < -0.4 is 5.32 Å². The zero-order valence-electron chi connectivity index (χ0n) is 17.2. The van der Waals surface area contributed by atoms with Crippen LogP contribution in [0.3, 0.4) is 0 Å². The normalized spacial score (nSPS) is 11.2. The Labute approximate surface area is 170 Å². The van der Waals surface area contributed by atoms with Gasteiger partial charge in [-0.2, -0.15) is 5.10 Å². The van der Waals surface area contributed by atoms with E-state index in [9.17, 15) is 4.79 Å². The summed E-state index contributed by atoms with van der Waals surface area (Å²) in [4.78, 5) is 16.9. The topological polar surface area (TPSA) is 59.8 Å². The van der Waals surface area contributed by atoms with Crippen molar-refractivity contribution in [3.63, 3.8) is 0 Å². The molecule has 1 amide bonds. The number of thiazole rings is 1. The predicted octanol–water partition coefficient (Wildman–Crippen LogP) is 5.16. The van der Waals surface area contributed by atoms with Crippen LogP contribution in [0.5, 0.6) is 0 Å². The molecular formula is C22H28N4OS. The summed E-state index contributed by atoms with van der Waals surface area (Å²) in [7, 11) is 0. The van der Waals surface area contributed by atoms with E-state index in [1.807, 2.05) is 43.5 Å². The summed E-state index contributed by atoms with van der Waals surface area (Å²) in [5.74, 6) is 0.568. The SMILES string of the molecule is Cc1nc(-c2ccc(NC(=O)CCc3c(C)nn(CC(C)C)c3C)cc2)cs1. The van der Waals surface area contributed by atoms with E-state index in [2.05, 4.69) is 40.9 Å². The molecule has 2 heterocycles. The number of amides is 1. The molecular weight excluding hydrogens is 368 g/mol. The molecule has 0 aliphatic rings. The number of rotatable bonds is 7. The average molecular weight is 397 g/mol. The molecule has 2 aromatic heterocycles. The fourth-order valence-electron chi connectivity index (χ4n) is 3.30. The number of hydrogen-bond donors (Lipinski definition) is 1. The Morgan fingerprint density at radius 3 is 2.50 bits per heavy atom. The van der Waals surface area contributed by atoms with Crippen LogP contribution in [0.15, 0.2) is 29.6 Å². The number of nitrogens with zero attached hydrogens (tertiary/aromatic N) is 3. The molecule has 5 nitrogen and oxygen atoms in total. The largest absolute Gasteiger partial charge is 0.326 e. The van der Waals surface area contributed by atoms with E-state index in [-0.39, 0.29) is 5.91 Å². The first-order valence-corrected chi connectivity index (χ1v) is 10.6. The lowest BCUT2D eigenvalue weighted by molar-refractivity contribution is -0.116. The Hall–Kier alpha value is -2.47. The third-order valence-corrected chi connectivity index (χ3v) is 5.53. The number of aryl methyl sites for hydroxylation is 2. The van der Waals surface area contributed by atoms with Gasteiger partial charge in [0.2, 0.25) is 5.91 Å². The van der Waals surface area contributed by atoms with E-state index in [1.165, 1.54) is 11.3 Å². The number of carbonyl (C=O) groups excluding carboxylic acids is 1. The van der Waals surface area contributed by atoms with E-state index < -0.39 is 0 Å². The molecule has 0 saturated carbocycles. The molecule has 0 unspecified atom stereocenters. The molecule has 0 bridgehead atoms. The van der Waals surface area contributed by atoms with Crippen LogP contribution in [0, 0.1) is 26.7 Å². The molecule has 148 valence electrons. The highest BCUT2D eigenvalue weighted by Crippen LogP contribution is 2.23. The summed E-state index contributed by atoms with van der Waals surface area (Å²) in [6, 6.07) is 7.85. The number of hydrogen-bond acceptors (Lipinski definition) is 4. The van der Waals surface area contributed by atoms with Crippen molar-refractivity contribution in [2.45, 2.75) is 54.0 Å². The van der Waals surface area contributed by atoms with Gasteiger partial charge in [-0.1, -0.05) is 26.0 Å². The molecule has 28 heavy (non-hydrogen) atoms. The highest BCUT2D eigenvalue weighted by Gasteiger charge is 2.14. The number of carbonyl (C=O) groups is 1. The molecule has 0 aliphatic heterocycles. The average Bonchev–Trinajstić information content (AvgIpc) is 3.17. The summed E-state index contributed by atoms with van der Waals surface area (Å²) in [5, 5.41) is 10.7. The predicted molar refractivity (Wildman–Crippen MR) is 116 cm³/mol. The van der Waals surface area contributed by atoms with Gasteiger partial charge in [-0.25, -0.2) is 4.98 Å². The number of benzene rings is 1. The quantitative estimate of drug-likeness (QED) is 0.600. The fraction of sp³-hybridized carbons (Fsp3) is 0.409. The Morgan fingerprint density at radius 1 is 1.18 bits per heavy atom. The Bertz CT molecular complexity index is 954. The smallest absolute Gasteiger partial charge is 0.224 e. The molecule has 3 aromatic rings. The number of nitrogens with one attached hydrogen (secondary N) is 1. The molecule has 3 rings (SSSR count). The van der Waals surface area contributed by atoms with Gasteiger partial charge in [-0.05, 0) is 50.8 Å². The first-order chi connectivity index (χ1) is 13.3. The molecule has 0 atom stereocenters. The van der Waals surface area contributed by atoms with Gasteiger partial charge < -0.3 is 5.32 Å². The summed E-state index contributed by atoms with van der Waals surface area (Å²) < 4.78 is 2.06. The molecule has 1 N–H and O–H groups in total. The second-order valence-corrected chi connectivity index (χ2v) is 8.66. The summed E-state index contributed by atoms with van der Waals surface area (Å²) in [5.41, 5.74) is 6.22. The maximum atomic E-state index is 12.4. The van der Waals surface area contributed by atoms with Gasteiger partial charge in [-0.3, -0.25) is 9.48 Å². The van der Waals surface area contributed by atoms with Crippen molar-refractivity contribution in [2.75, 3.05) is 5.32 Å². The van der Waals surface area contributed by atoms with Gasteiger partial charge in [0, 0.05) is 35.3 Å². The number of anilines is 1. The van der Waals surface area contributed by atoms with Gasteiger partial charge in [-0.15, -0.1) is 11.3 Å². The molecule has 1 aromatic carbocycles. The molecule has 0 spiro atoms. The number of aromatic nitrogens is 3. The van der Waals surface area contributed by atoms with Crippen molar-refractivity contribution in [2.24, 2.45) is 5.92 Å². The molecule has 0 fully saturated rings. The van der Waals surface area contributed by atoms with Gasteiger partial charge in [0.15, 0.2) is 0 Å². The lowest BCUT2D eigenvalue weighted by atomic mass is 10.1. The lowest BCUT2D eigenvalue weighted by Gasteiger charge is -2.08. The van der Waals surface area contributed by atoms with Crippen molar-refractivity contribution in [3.05, 3.63) is 51.6 Å². The highest BCUT2D eigenvalue weighted by molar-refractivity contribution is 7.09. The van der Waals surface area contributed by atoms with Crippen molar-refractivity contribution in [1.82, 2.24) is 14.8 Å². The van der Waals surface area contributed by atoms with Crippen LogP contribution in [0.4, 0.5) is 5.69 Å². The van der Waals surface area contributed by atoms with Crippen LogP contribution in [-0.4, -0.2) is 20.7 Å². The summed E-state index contributed by atoms with van der Waals surface area (Å²) in [6.07, 6.45) is 1.15. The second kappa shape index (κ2) is 8.69. The van der Waals surface area contributed by atoms with E-state index in [4.69, 9.17) is 0 Å². The van der Waals surface area contributed by atoms with Crippen LogP contribution >= 0.6 is 11.3 Å². The molecule has 6 heteroatoms. The second-order valence-electron chi connectivity index (χ2n) is 7.60. The van der Waals surface area contributed by atoms with Crippen molar-refractivity contribution in [3.8, 4) is 11.3 Å². The minimum Gasteiger partial charge on any atom is -0.326 e. The van der Waals surface area contributed by atoms with Crippen molar-refractivity contribution in [1.29, 1.82) is 0 Å². The molecule has 0 radical (unpaired) electrons. The van der Waals surface area contributed by atoms with E-state index in [0.717, 1.165) is 34.2 Å². The summed E-state index contributed by atoms with van der Waals surface area (Å²) >= 11 is 1.64. The Morgan fingerprint density at radius 2 is 1.89 bits per heavy atom. The van der Waals surface area contributed by atoms with E-state index >= 15 is 0 Å². The van der Waals surface area contributed by atoms with E-state index in [1.54, 1.807) is 11.3 Å². The van der Waals surface area contributed by atoms with Crippen LogP contribution in [0.1, 0.15) is 42.2 Å². The molecule has 0 saturated heterocycles. The van der Waals surface area contributed by atoms with Gasteiger partial charge >= 0.3 is 0 Å². The summed E-state index contributed by atoms with van der Waals surface area (Å²) in [6.45, 7) is 11.4. The van der Waals surface area contributed by atoms with Crippen LogP contribution in [-0.2, 0) is 17.8 Å². The first kappa shape index (κ1) is 20.3.